The summed E-state index contributed by atoms with van der Waals surface area (Å²) < 4.78 is 13.7. The molecule has 0 aliphatic carbocycles. The minimum Gasteiger partial charge on any atom is -0.489 e. The third-order valence-corrected chi connectivity index (χ3v) is 4.60. The molecule has 0 bridgehead atoms. The van der Waals surface area contributed by atoms with Gasteiger partial charge in [0.05, 0.1) is 6.54 Å². The molecule has 140 valence electrons. The van der Waals surface area contributed by atoms with Crippen molar-refractivity contribution in [3.05, 3.63) is 51.9 Å². The molecule has 1 aromatic carbocycles. The van der Waals surface area contributed by atoms with Gasteiger partial charge < -0.3 is 9.47 Å². The van der Waals surface area contributed by atoms with Gasteiger partial charge in [-0.05, 0) is 28.0 Å². The molecule has 1 aliphatic rings. The van der Waals surface area contributed by atoms with E-state index in [1.54, 1.807) is 6.20 Å². The molecule has 3 rings (SSSR count). The number of fused-ring (bicyclic) bond motifs is 1. The van der Waals surface area contributed by atoms with Crippen molar-refractivity contribution in [2.24, 2.45) is 0 Å². The lowest BCUT2D eigenvalue weighted by Gasteiger charge is -2.27. The number of rotatable bonds is 3. The maximum atomic E-state index is 11.3. The van der Waals surface area contributed by atoms with Crippen LogP contribution in [0.5, 0.6) is 11.8 Å². The summed E-state index contributed by atoms with van der Waals surface area (Å²) in [7, 11) is 0. The van der Waals surface area contributed by atoms with E-state index in [9.17, 15) is 4.79 Å². The average molecular weight is 356 g/mol. The van der Waals surface area contributed by atoms with Crippen LogP contribution < -0.4 is 15.0 Å². The molecule has 1 unspecified atom stereocenters. The Labute approximate surface area is 155 Å². The van der Waals surface area contributed by atoms with Gasteiger partial charge in [-0.1, -0.05) is 53.7 Å². The van der Waals surface area contributed by atoms with Crippen molar-refractivity contribution in [1.82, 2.24) is 9.55 Å². The van der Waals surface area contributed by atoms with Crippen LogP contribution in [-0.4, -0.2) is 22.3 Å². The summed E-state index contributed by atoms with van der Waals surface area (Å²) in [6, 6.07) is 8.25. The molecule has 5 heteroatoms. The van der Waals surface area contributed by atoms with Crippen LogP contribution in [0.2, 0.25) is 0 Å². The van der Waals surface area contributed by atoms with E-state index in [4.69, 9.17) is 9.47 Å². The molecule has 0 N–H and O–H groups in total. The quantitative estimate of drug-likeness (QED) is 0.842. The first-order valence-corrected chi connectivity index (χ1v) is 9.06. The van der Waals surface area contributed by atoms with Crippen LogP contribution in [-0.2, 0) is 17.4 Å². The van der Waals surface area contributed by atoms with E-state index in [0.717, 1.165) is 5.75 Å². The van der Waals surface area contributed by atoms with Crippen molar-refractivity contribution in [2.75, 3.05) is 6.61 Å². The Morgan fingerprint density at radius 3 is 2.54 bits per heavy atom. The Morgan fingerprint density at radius 2 is 1.88 bits per heavy atom. The molecule has 0 amide bonds. The lowest BCUT2D eigenvalue weighted by Crippen LogP contribution is -2.25. The summed E-state index contributed by atoms with van der Waals surface area (Å²) in [5.41, 5.74) is 2.26. The first kappa shape index (κ1) is 18.5. The minimum atomic E-state index is -0.286. The molecule has 2 aromatic rings. The molecule has 0 saturated heterocycles. The van der Waals surface area contributed by atoms with Crippen LogP contribution in [0, 0.1) is 0 Å². The van der Waals surface area contributed by atoms with E-state index in [-0.39, 0.29) is 22.5 Å². The van der Waals surface area contributed by atoms with Crippen LogP contribution in [0.4, 0.5) is 0 Å². The van der Waals surface area contributed by atoms with Gasteiger partial charge in [0.1, 0.15) is 12.4 Å². The monoisotopic (exact) mass is 356 g/mol. The van der Waals surface area contributed by atoms with Crippen molar-refractivity contribution in [2.45, 2.75) is 65.0 Å². The molecule has 2 heterocycles. The highest BCUT2D eigenvalue weighted by Crippen LogP contribution is 2.35. The standard InChI is InChI=1S/C21H28N2O3/c1-20(2,3)14-7-8-17(16(11-14)21(4,5)6)25-13-15-12-23-10-9-18(24)22-19(23)26-15/h7-11,15H,12-13H2,1-6H3. The Bertz CT molecular complexity index is 857. The summed E-state index contributed by atoms with van der Waals surface area (Å²) in [6.45, 7) is 14.3. The van der Waals surface area contributed by atoms with Crippen molar-refractivity contribution in [1.29, 1.82) is 0 Å². The first-order valence-electron chi connectivity index (χ1n) is 9.06. The maximum absolute atomic E-state index is 11.3. The smallest absolute Gasteiger partial charge is 0.300 e. The van der Waals surface area contributed by atoms with Gasteiger partial charge in [0, 0.05) is 12.3 Å². The normalized spacial score (nSPS) is 16.9. The van der Waals surface area contributed by atoms with Crippen LogP contribution in [0.25, 0.3) is 0 Å². The van der Waals surface area contributed by atoms with E-state index in [1.165, 1.54) is 17.2 Å². The third kappa shape index (κ3) is 3.92. The molecule has 0 spiro atoms. The fraction of sp³-hybridized carbons (Fsp3) is 0.524. The van der Waals surface area contributed by atoms with E-state index in [1.807, 2.05) is 4.57 Å². The van der Waals surface area contributed by atoms with Crippen LogP contribution in [0.3, 0.4) is 0 Å². The number of ether oxygens (including phenoxy) is 2. The molecular weight excluding hydrogens is 328 g/mol. The van der Waals surface area contributed by atoms with Gasteiger partial charge in [0.25, 0.3) is 11.6 Å². The van der Waals surface area contributed by atoms with Gasteiger partial charge in [0.15, 0.2) is 6.10 Å². The fourth-order valence-corrected chi connectivity index (χ4v) is 3.03. The minimum absolute atomic E-state index is 0.0240. The van der Waals surface area contributed by atoms with Gasteiger partial charge in [-0.2, -0.15) is 4.98 Å². The summed E-state index contributed by atoms with van der Waals surface area (Å²) >= 11 is 0. The number of benzene rings is 1. The fourth-order valence-electron chi connectivity index (χ4n) is 3.03. The molecule has 1 atom stereocenters. The van der Waals surface area contributed by atoms with Gasteiger partial charge in [-0.25, -0.2) is 0 Å². The number of hydrogen-bond donors (Lipinski definition) is 0. The zero-order chi connectivity index (χ0) is 19.1. The van der Waals surface area contributed by atoms with Gasteiger partial charge in [-0.15, -0.1) is 0 Å². The predicted octanol–water partition coefficient (Wildman–Crippen LogP) is 3.68. The van der Waals surface area contributed by atoms with Crippen molar-refractivity contribution in [3.8, 4) is 11.8 Å². The second kappa shape index (κ2) is 6.45. The third-order valence-electron chi connectivity index (χ3n) is 4.60. The molecule has 0 fully saturated rings. The van der Waals surface area contributed by atoms with Gasteiger partial charge in [-0.3, -0.25) is 9.36 Å². The highest BCUT2D eigenvalue weighted by molar-refractivity contribution is 5.43. The van der Waals surface area contributed by atoms with E-state index < -0.39 is 0 Å². The van der Waals surface area contributed by atoms with Gasteiger partial charge in [0.2, 0.25) is 0 Å². The highest BCUT2D eigenvalue weighted by Gasteiger charge is 2.26. The molecular formula is C21H28N2O3. The second-order valence-electron chi connectivity index (χ2n) is 8.96. The lowest BCUT2D eigenvalue weighted by molar-refractivity contribution is 0.142. The van der Waals surface area contributed by atoms with Crippen LogP contribution in [0.1, 0.15) is 52.7 Å². The zero-order valence-electron chi connectivity index (χ0n) is 16.5. The Balaban J connectivity index is 1.77. The zero-order valence-corrected chi connectivity index (χ0v) is 16.5. The number of nitrogens with zero attached hydrogens (tertiary/aromatic N) is 2. The SMILES string of the molecule is CC(C)(C)c1ccc(OCC2Cn3ccc(=O)nc3O2)c(C(C)(C)C)c1. The van der Waals surface area contributed by atoms with Crippen LogP contribution >= 0.6 is 0 Å². The summed E-state index contributed by atoms with van der Waals surface area (Å²) in [4.78, 5) is 15.2. The summed E-state index contributed by atoms with van der Waals surface area (Å²) in [5.74, 6) is 0.882. The average Bonchev–Trinajstić information content (AvgIpc) is 2.93. The molecule has 1 aromatic heterocycles. The summed E-state index contributed by atoms with van der Waals surface area (Å²) in [6.07, 6.45) is 1.56. The topological polar surface area (TPSA) is 53.4 Å². The Kier molecular flexibility index (Phi) is 4.59. The summed E-state index contributed by atoms with van der Waals surface area (Å²) in [5, 5.41) is 0. The second-order valence-corrected chi connectivity index (χ2v) is 8.96. The maximum Gasteiger partial charge on any atom is 0.300 e. The van der Waals surface area contributed by atoms with E-state index >= 15 is 0 Å². The molecule has 0 saturated carbocycles. The molecule has 0 radical (unpaired) electrons. The Morgan fingerprint density at radius 1 is 1.15 bits per heavy atom. The number of hydrogen-bond acceptors (Lipinski definition) is 4. The predicted molar refractivity (Wildman–Crippen MR) is 102 cm³/mol. The van der Waals surface area contributed by atoms with Crippen molar-refractivity contribution in [3.63, 3.8) is 0 Å². The van der Waals surface area contributed by atoms with Gasteiger partial charge >= 0.3 is 0 Å². The number of aromatic nitrogens is 2. The van der Waals surface area contributed by atoms with Crippen molar-refractivity contribution >= 4 is 0 Å². The van der Waals surface area contributed by atoms with Crippen molar-refractivity contribution < 1.29 is 9.47 Å². The molecule has 1 aliphatic heterocycles. The highest BCUT2D eigenvalue weighted by atomic mass is 16.6. The Hall–Kier alpha value is -2.30. The van der Waals surface area contributed by atoms with E-state index in [0.29, 0.717) is 19.2 Å². The first-order chi connectivity index (χ1) is 12.0. The molecule has 26 heavy (non-hydrogen) atoms. The van der Waals surface area contributed by atoms with Crippen LogP contribution in [0.15, 0.2) is 35.3 Å². The lowest BCUT2D eigenvalue weighted by atomic mass is 9.80. The molecule has 5 nitrogen and oxygen atoms in total. The largest absolute Gasteiger partial charge is 0.489 e. The van der Waals surface area contributed by atoms with E-state index in [2.05, 4.69) is 64.7 Å².